The Morgan fingerprint density at radius 2 is 1.47 bits per heavy atom. The van der Waals surface area contributed by atoms with Crippen LogP contribution in [0.5, 0.6) is 0 Å². The molecule has 4 nitrogen and oxygen atoms in total. The minimum absolute atomic E-state index is 0.299. The van der Waals surface area contributed by atoms with Crippen LogP contribution in [-0.4, -0.2) is 10.2 Å². The molecule has 1 heterocycles. The third-order valence-electron chi connectivity index (χ3n) is 2.15. The summed E-state index contributed by atoms with van der Waals surface area (Å²) >= 11 is 0. The molecule has 76 valence electrons. The van der Waals surface area contributed by atoms with Gasteiger partial charge in [-0.15, -0.1) is 0 Å². The number of rotatable bonds is 2. The van der Waals surface area contributed by atoms with E-state index in [0.29, 0.717) is 5.69 Å². The lowest BCUT2D eigenvalue weighted by Crippen LogP contribution is -2.99. The van der Waals surface area contributed by atoms with Crippen LogP contribution in [0.2, 0.25) is 0 Å². The minimum Gasteiger partial charge on any atom is -0.595 e. The van der Waals surface area contributed by atoms with Gasteiger partial charge in [0.05, 0.1) is 0 Å². The summed E-state index contributed by atoms with van der Waals surface area (Å²) in [5, 5.41) is 18.5. The molecule has 0 fully saturated rings. The SMILES string of the molecule is [O-][NH+](O)c1ccc(-c2ccncc2)cc1. The summed E-state index contributed by atoms with van der Waals surface area (Å²) in [4.78, 5) is 3.92. The van der Waals surface area contributed by atoms with E-state index in [-0.39, 0.29) is 0 Å². The van der Waals surface area contributed by atoms with Crippen LogP contribution in [-0.2, 0) is 0 Å². The number of benzene rings is 1. The number of nitrogens with one attached hydrogen (secondary N) is 1. The Morgan fingerprint density at radius 3 is 2.00 bits per heavy atom. The molecule has 0 aliphatic carbocycles. The van der Waals surface area contributed by atoms with E-state index >= 15 is 0 Å². The Kier molecular flexibility index (Phi) is 2.73. The second kappa shape index (κ2) is 4.18. The molecule has 0 saturated heterocycles. The highest BCUT2D eigenvalue weighted by atomic mass is 16.8. The molecule has 0 aliphatic rings. The molecule has 0 spiro atoms. The Bertz CT molecular complexity index is 426. The molecule has 2 N–H and O–H groups in total. The third-order valence-corrected chi connectivity index (χ3v) is 2.15. The molecule has 0 bridgehead atoms. The minimum atomic E-state index is -0.906. The summed E-state index contributed by atoms with van der Waals surface area (Å²) in [6.45, 7) is 0. The highest BCUT2D eigenvalue weighted by Crippen LogP contribution is 2.18. The van der Waals surface area contributed by atoms with Crippen LogP contribution in [0.25, 0.3) is 11.1 Å². The van der Waals surface area contributed by atoms with Crippen molar-refractivity contribution in [3.05, 3.63) is 54.0 Å². The monoisotopic (exact) mass is 202 g/mol. The van der Waals surface area contributed by atoms with E-state index < -0.39 is 5.23 Å². The first-order valence-corrected chi connectivity index (χ1v) is 4.51. The van der Waals surface area contributed by atoms with Crippen LogP contribution in [0.3, 0.4) is 0 Å². The van der Waals surface area contributed by atoms with Gasteiger partial charge in [0.15, 0.2) is 5.69 Å². The van der Waals surface area contributed by atoms with Crippen molar-refractivity contribution in [1.29, 1.82) is 0 Å². The van der Waals surface area contributed by atoms with Crippen LogP contribution in [0.4, 0.5) is 5.69 Å². The second-order valence-corrected chi connectivity index (χ2v) is 3.12. The van der Waals surface area contributed by atoms with E-state index in [1.807, 2.05) is 12.1 Å². The summed E-state index contributed by atoms with van der Waals surface area (Å²) in [5.41, 5.74) is 2.32. The van der Waals surface area contributed by atoms with Gasteiger partial charge in [-0.05, 0) is 35.4 Å². The van der Waals surface area contributed by atoms with Gasteiger partial charge in [0.25, 0.3) is 0 Å². The highest BCUT2D eigenvalue weighted by Gasteiger charge is 2.00. The van der Waals surface area contributed by atoms with E-state index in [2.05, 4.69) is 4.98 Å². The zero-order chi connectivity index (χ0) is 10.7. The van der Waals surface area contributed by atoms with E-state index in [1.165, 1.54) is 0 Å². The Hall–Kier alpha value is -1.75. The van der Waals surface area contributed by atoms with Crippen molar-refractivity contribution in [3.8, 4) is 11.1 Å². The summed E-state index contributed by atoms with van der Waals surface area (Å²) < 4.78 is 0. The van der Waals surface area contributed by atoms with Gasteiger partial charge in [-0.1, -0.05) is 0 Å². The molecular weight excluding hydrogens is 192 g/mol. The fourth-order valence-electron chi connectivity index (χ4n) is 1.35. The van der Waals surface area contributed by atoms with Crippen molar-refractivity contribution in [2.75, 3.05) is 0 Å². The summed E-state index contributed by atoms with van der Waals surface area (Å²) in [7, 11) is 0. The Labute approximate surface area is 87.0 Å². The van der Waals surface area contributed by atoms with Crippen LogP contribution >= 0.6 is 0 Å². The van der Waals surface area contributed by atoms with Crippen LogP contribution in [0, 0.1) is 5.21 Å². The number of hydrogen-bond acceptors (Lipinski definition) is 3. The molecule has 15 heavy (non-hydrogen) atoms. The quantitative estimate of drug-likeness (QED) is 0.718. The van der Waals surface area contributed by atoms with Gasteiger partial charge in [-0.25, -0.2) is 5.21 Å². The standard InChI is InChI=1S/C11H10N2O2/c14-13(15)11-3-1-9(2-4-11)10-5-7-12-8-6-10/h1-8,13-14H. The molecule has 0 aliphatic heterocycles. The lowest BCUT2D eigenvalue weighted by atomic mass is 10.1. The van der Waals surface area contributed by atoms with Gasteiger partial charge in [0.1, 0.15) is 0 Å². The van der Waals surface area contributed by atoms with E-state index in [4.69, 9.17) is 5.21 Å². The first-order chi connectivity index (χ1) is 7.27. The second-order valence-electron chi connectivity index (χ2n) is 3.12. The predicted molar refractivity (Wildman–Crippen MR) is 55.4 cm³/mol. The van der Waals surface area contributed by atoms with Gasteiger partial charge in [-0.2, -0.15) is 5.23 Å². The lowest BCUT2D eigenvalue weighted by molar-refractivity contribution is -0.991. The van der Waals surface area contributed by atoms with Crippen LogP contribution < -0.4 is 5.23 Å². The van der Waals surface area contributed by atoms with Gasteiger partial charge in [-0.3, -0.25) is 4.98 Å². The maximum absolute atomic E-state index is 10.6. The highest BCUT2D eigenvalue weighted by molar-refractivity contribution is 5.63. The Morgan fingerprint density at radius 1 is 0.933 bits per heavy atom. The molecule has 1 atom stereocenters. The lowest BCUT2D eigenvalue weighted by Gasteiger charge is -2.11. The Balaban J connectivity index is 2.32. The van der Waals surface area contributed by atoms with Crippen molar-refractivity contribution in [3.63, 3.8) is 0 Å². The topological polar surface area (TPSA) is 60.6 Å². The van der Waals surface area contributed by atoms with E-state index in [0.717, 1.165) is 11.1 Å². The van der Waals surface area contributed by atoms with Gasteiger partial charge >= 0.3 is 0 Å². The van der Waals surface area contributed by atoms with Crippen molar-refractivity contribution >= 4 is 5.69 Å². The smallest absolute Gasteiger partial charge is 0.163 e. The van der Waals surface area contributed by atoms with Crippen molar-refractivity contribution < 1.29 is 10.4 Å². The molecule has 0 radical (unpaired) electrons. The molecule has 2 rings (SSSR count). The summed E-state index contributed by atoms with van der Waals surface area (Å²) in [6, 6.07) is 10.5. The molecule has 1 aromatic carbocycles. The summed E-state index contributed by atoms with van der Waals surface area (Å²) in [6.07, 6.45) is 3.42. The first kappa shape index (κ1) is 9.79. The van der Waals surface area contributed by atoms with Crippen LogP contribution in [0.1, 0.15) is 0 Å². The summed E-state index contributed by atoms with van der Waals surface area (Å²) in [5.74, 6) is 0. The average molecular weight is 202 g/mol. The molecule has 4 heteroatoms. The van der Waals surface area contributed by atoms with Crippen molar-refractivity contribution in [1.82, 2.24) is 4.98 Å². The van der Waals surface area contributed by atoms with Gasteiger partial charge < -0.3 is 5.21 Å². The molecule has 1 unspecified atom stereocenters. The maximum atomic E-state index is 10.6. The molecule has 2 aromatic rings. The zero-order valence-electron chi connectivity index (χ0n) is 7.92. The van der Waals surface area contributed by atoms with Crippen molar-refractivity contribution in [2.24, 2.45) is 0 Å². The number of nitrogens with zero attached hydrogens (tertiary/aromatic N) is 1. The van der Waals surface area contributed by atoms with Crippen LogP contribution in [0.15, 0.2) is 48.8 Å². The van der Waals surface area contributed by atoms with E-state index in [9.17, 15) is 5.21 Å². The van der Waals surface area contributed by atoms with Crippen molar-refractivity contribution in [2.45, 2.75) is 0 Å². The number of hydrogen-bond donors (Lipinski definition) is 2. The largest absolute Gasteiger partial charge is 0.595 e. The third kappa shape index (κ3) is 2.19. The fraction of sp³-hybridized carbons (Fsp3) is 0. The predicted octanol–water partition coefficient (Wildman–Crippen LogP) is 1.15. The maximum Gasteiger partial charge on any atom is 0.163 e. The fourth-order valence-corrected chi connectivity index (χ4v) is 1.35. The van der Waals surface area contributed by atoms with Gasteiger partial charge in [0.2, 0.25) is 0 Å². The zero-order valence-corrected chi connectivity index (χ0v) is 7.92. The van der Waals surface area contributed by atoms with E-state index in [1.54, 1.807) is 36.7 Å². The number of pyridine rings is 1. The molecule has 0 saturated carbocycles. The normalized spacial score (nSPS) is 12.4. The number of quaternary nitrogens is 1. The average Bonchev–Trinajstić information content (AvgIpc) is 2.30. The molecule has 0 amide bonds. The number of aromatic nitrogens is 1. The first-order valence-electron chi connectivity index (χ1n) is 4.51. The molecular formula is C11H10N2O2. The van der Waals surface area contributed by atoms with Gasteiger partial charge in [0, 0.05) is 24.5 Å². The molecule has 1 aromatic heterocycles.